The number of carbonyl (C=O) groups is 2. The number of carbonyl (C=O) groups excluding carboxylic acids is 1. The summed E-state index contributed by atoms with van der Waals surface area (Å²) >= 11 is 0. The van der Waals surface area contributed by atoms with Crippen molar-refractivity contribution in [2.75, 3.05) is 6.54 Å². The molecule has 1 aromatic heterocycles. The van der Waals surface area contributed by atoms with Crippen molar-refractivity contribution in [2.45, 2.75) is 19.9 Å². The van der Waals surface area contributed by atoms with Gasteiger partial charge in [-0.1, -0.05) is 0 Å². The molecule has 0 aliphatic heterocycles. The van der Waals surface area contributed by atoms with E-state index in [1.165, 1.54) is 0 Å². The molecule has 16 heavy (non-hydrogen) atoms. The average molecular weight is 226 g/mol. The van der Waals surface area contributed by atoms with Crippen molar-refractivity contribution in [3.05, 3.63) is 23.7 Å². The third kappa shape index (κ3) is 4.04. The molecule has 1 rings (SSSR count). The SMILES string of the molecule is Cc1ccoc1CNC(=O)NCCC(=O)O. The van der Waals surface area contributed by atoms with Gasteiger partial charge < -0.3 is 20.2 Å². The Hall–Kier alpha value is -1.98. The molecule has 0 radical (unpaired) electrons. The number of amides is 2. The Morgan fingerprint density at radius 3 is 2.75 bits per heavy atom. The van der Waals surface area contributed by atoms with E-state index in [-0.39, 0.29) is 19.5 Å². The molecule has 0 aliphatic carbocycles. The van der Waals surface area contributed by atoms with E-state index in [9.17, 15) is 9.59 Å². The molecule has 0 atom stereocenters. The molecule has 0 unspecified atom stereocenters. The lowest BCUT2D eigenvalue weighted by Crippen LogP contribution is -2.36. The number of urea groups is 1. The van der Waals surface area contributed by atoms with Gasteiger partial charge in [-0.25, -0.2) is 4.79 Å². The Labute approximate surface area is 92.6 Å². The third-order valence-corrected chi connectivity index (χ3v) is 2.00. The van der Waals surface area contributed by atoms with Gasteiger partial charge in [0, 0.05) is 6.54 Å². The van der Waals surface area contributed by atoms with Gasteiger partial charge >= 0.3 is 12.0 Å². The van der Waals surface area contributed by atoms with Crippen LogP contribution >= 0.6 is 0 Å². The van der Waals surface area contributed by atoms with Gasteiger partial charge in [0.15, 0.2) is 0 Å². The number of furan rings is 1. The van der Waals surface area contributed by atoms with Gasteiger partial charge in [0.1, 0.15) is 5.76 Å². The van der Waals surface area contributed by atoms with E-state index in [0.717, 1.165) is 5.56 Å². The lowest BCUT2D eigenvalue weighted by molar-refractivity contribution is -0.136. The topological polar surface area (TPSA) is 91.6 Å². The van der Waals surface area contributed by atoms with Crippen molar-refractivity contribution in [1.82, 2.24) is 10.6 Å². The number of nitrogens with one attached hydrogen (secondary N) is 2. The Morgan fingerprint density at radius 2 is 2.19 bits per heavy atom. The summed E-state index contributed by atoms with van der Waals surface area (Å²) in [6, 6.07) is 1.40. The van der Waals surface area contributed by atoms with Crippen LogP contribution in [0.2, 0.25) is 0 Å². The van der Waals surface area contributed by atoms with Gasteiger partial charge in [0.2, 0.25) is 0 Å². The molecule has 0 saturated carbocycles. The number of aryl methyl sites for hydroxylation is 1. The summed E-state index contributed by atoms with van der Waals surface area (Å²) < 4.78 is 5.12. The zero-order chi connectivity index (χ0) is 12.0. The smallest absolute Gasteiger partial charge is 0.315 e. The molecule has 88 valence electrons. The fraction of sp³-hybridized carbons (Fsp3) is 0.400. The number of hydrogen-bond donors (Lipinski definition) is 3. The zero-order valence-corrected chi connectivity index (χ0v) is 8.95. The molecular formula is C10H14N2O4. The monoisotopic (exact) mass is 226 g/mol. The quantitative estimate of drug-likeness (QED) is 0.694. The first-order chi connectivity index (χ1) is 7.59. The van der Waals surface area contributed by atoms with Crippen molar-refractivity contribution in [2.24, 2.45) is 0 Å². The second-order valence-corrected chi connectivity index (χ2v) is 3.28. The molecular weight excluding hydrogens is 212 g/mol. The van der Waals surface area contributed by atoms with Crippen molar-refractivity contribution in [1.29, 1.82) is 0 Å². The second-order valence-electron chi connectivity index (χ2n) is 3.28. The molecule has 0 fully saturated rings. The molecule has 6 nitrogen and oxygen atoms in total. The van der Waals surface area contributed by atoms with Crippen LogP contribution in [0.25, 0.3) is 0 Å². The maximum absolute atomic E-state index is 11.2. The van der Waals surface area contributed by atoms with Crippen molar-refractivity contribution in [3.8, 4) is 0 Å². The largest absolute Gasteiger partial charge is 0.481 e. The number of carboxylic acid groups (broad SMARTS) is 1. The van der Waals surface area contributed by atoms with Crippen LogP contribution in [0.1, 0.15) is 17.7 Å². The summed E-state index contributed by atoms with van der Waals surface area (Å²) in [6.07, 6.45) is 1.46. The van der Waals surface area contributed by atoms with Crippen LogP contribution in [0, 0.1) is 6.92 Å². The van der Waals surface area contributed by atoms with E-state index in [4.69, 9.17) is 9.52 Å². The first kappa shape index (κ1) is 12.1. The van der Waals surface area contributed by atoms with Gasteiger partial charge in [-0.15, -0.1) is 0 Å². The number of rotatable bonds is 5. The molecule has 1 aromatic rings. The summed E-state index contributed by atoms with van der Waals surface area (Å²) in [6.45, 7) is 2.28. The van der Waals surface area contributed by atoms with Gasteiger partial charge in [0.25, 0.3) is 0 Å². The number of aliphatic carboxylic acids is 1. The summed E-state index contributed by atoms with van der Waals surface area (Å²) in [4.78, 5) is 21.4. The van der Waals surface area contributed by atoms with Crippen LogP contribution in [0.15, 0.2) is 16.7 Å². The Bertz CT molecular complexity index is 373. The first-order valence-electron chi connectivity index (χ1n) is 4.86. The number of carboxylic acids is 1. The zero-order valence-electron chi connectivity index (χ0n) is 8.95. The highest BCUT2D eigenvalue weighted by Crippen LogP contribution is 2.07. The standard InChI is InChI=1S/C10H14N2O4/c1-7-3-5-16-8(7)6-12-10(15)11-4-2-9(13)14/h3,5H,2,4,6H2,1H3,(H,13,14)(H2,11,12,15). The van der Waals surface area contributed by atoms with E-state index in [0.29, 0.717) is 5.76 Å². The fourth-order valence-electron chi connectivity index (χ4n) is 1.09. The Morgan fingerprint density at radius 1 is 1.44 bits per heavy atom. The van der Waals surface area contributed by atoms with Crippen LogP contribution in [0.4, 0.5) is 4.79 Å². The van der Waals surface area contributed by atoms with E-state index in [1.807, 2.05) is 6.92 Å². The summed E-state index contributed by atoms with van der Waals surface area (Å²) in [7, 11) is 0. The van der Waals surface area contributed by atoms with Gasteiger partial charge in [-0.05, 0) is 18.6 Å². The lowest BCUT2D eigenvalue weighted by Gasteiger charge is -2.05. The molecule has 0 saturated heterocycles. The van der Waals surface area contributed by atoms with Crippen LogP contribution in [-0.4, -0.2) is 23.7 Å². The van der Waals surface area contributed by atoms with Crippen molar-refractivity contribution >= 4 is 12.0 Å². The van der Waals surface area contributed by atoms with Crippen LogP contribution < -0.4 is 10.6 Å². The molecule has 6 heteroatoms. The molecule has 1 heterocycles. The summed E-state index contributed by atoms with van der Waals surface area (Å²) in [5.74, 6) is -0.254. The normalized spacial score (nSPS) is 9.81. The Balaban J connectivity index is 2.20. The number of hydrogen-bond acceptors (Lipinski definition) is 3. The molecule has 0 bridgehead atoms. The van der Waals surface area contributed by atoms with Crippen LogP contribution in [0.3, 0.4) is 0 Å². The second kappa shape index (κ2) is 5.79. The summed E-state index contributed by atoms with van der Waals surface area (Å²) in [5.41, 5.74) is 0.964. The van der Waals surface area contributed by atoms with Gasteiger partial charge in [-0.3, -0.25) is 4.79 Å². The fourth-order valence-corrected chi connectivity index (χ4v) is 1.09. The maximum atomic E-state index is 11.2. The lowest BCUT2D eigenvalue weighted by atomic mass is 10.3. The molecule has 3 N–H and O–H groups in total. The van der Waals surface area contributed by atoms with Gasteiger partial charge in [0.05, 0.1) is 19.2 Å². The predicted octanol–water partition coefficient (Wildman–Crippen LogP) is 0.862. The highest BCUT2D eigenvalue weighted by molar-refractivity contribution is 5.74. The minimum Gasteiger partial charge on any atom is -0.481 e. The maximum Gasteiger partial charge on any atom is 0.315 e. The molecule has 0 aromatic carbocycles. The van der Waals surface area contributed by atoms with Crippen molar-refractivity contribution < 1.29 is 19.1 Å². The molecule has 0 spiro atoms. The minimum atomic E-state index is -0.942. The van der Waals surface area contributed by atoms with E-state index in [2.05, 4.69) is 10.6 Å². The highest BCUT2D eigenvalue weighted by Gasteiger charge is 2.05. The van der Waals surface area contributed by atoms with Crippen LogP contribution in [0.5, 0.6) is 0 Å². The molecule has 2 amide bonds. The predicted molar refractivity (Wildman–Crippen MR) is 55.9 cm³/mol. The van der Waals surface area contributed by atoms with Crippen LogP contribution in [-0.2, 0) is 11.3 Å². The van der Waals surface area contributed by atoms with Crippen molar-refractivity contribution in [3.63, 3.8) is 0 Å². The van der Waals surface area contributed by atoms with Gasteiger partial charge in [-0.2, -0.15) is 0 Å². The van der Waals surface area contributed by atoms with E-state index < -0.39 is 12.0 Å². The minimum absolute atomic E-state index is 0.0901. The summed E-state index contributed by atoms with van der Waals surface area (Å²) in [5, 5.41) is 13.3. The Kier molecular flexibility index (Phi) is 4.38. The van der Waals surface area contributed by atoms with E-state index >= 15 is 0 Å². The van der Waals surface area contributed by atoms with E-state index in [1.54, 1.807) is 12.3 Å². The first-order valence-corrected chi connectivity index (χ1v) is 4.86. The third-order valence-electron chi connectivity index (χ3n) is 2.00. The molecule has 0 aliphatic rings. The average Bonchev–Trinajstić information content (AvgIpc) is 2.60. The highest BCUT2D eigenvalue weighted by atomic mass is 16.4.